The summed E-state index contributed by atoms with van der Waals surface area (Å²) in [6.45, 7) is 6.04. The molecule has 0 saturated carbocycles. The number of nitrogens with one attached hydrogen (secondary N) is 1. The average Bonchev–Trinajstić information content (AvgIpc) is 2.85. The Bertz CT molecular complexity index is 485. The summed E-state index contributed by atoms with van der Waals surface area (Å²) < 4.78 is 0. The first-order chi connectivity index (χ1) is 10.1. The van der Waals surface area contributed by atoms with E-state index in [1.807, 2.05) is 23.1 Å². The van der Waals surface area contributed by atoms with Gasteiger partial charge in [0.2, 0.25) is 11.8 Å². The fraction of sp³-hybridized carbons (Fsp3) is 0.529. The smallest absolute Gasteiger partial charge is 0.225 e. The van der Waals surface area contributed by atoms with Gasteiger partial charge in [0.15, 0.2) is 0 Å². The molecule has 1 heterocycles. The zero-order chi connectivity index (χ0) is 15.2. The van der Waals surface area contributed by atoms with E-state index in [1.165, 1.54) is 5.56 Å². The maximum absolute atomic E-state index is 12.0. The fourth-order valence-electron chi connectivity index (χ4n) is 2.52. The van der Waals surface area contributed by atoms with Crippen LogP contribution < -0.4 is 5.32 Å². The summed E-state index contributed by atoms with van der Waals surface area (Å²) in [6, 6.07) is 10.1. The summed E-state index contributed by atoms with van der Waals surface area (Å²) >= 11 is 0. The Morgan fingerprint density at radius 1 is 1.33 bits per heavy atom. The summed E-state index contributed by atoms with van der Waals surface area (Å²) in [4.78, 5) is 25.8. The molecule has 0 radical (unpaired) electrons. The zero-order valence-corrected chi connectivity index (χ0v) is 12.8. The topological polar surface area (TPSA) is 49.4 Å². The first-order valence-electron chi connectivity index (χ1n) is 7.65. The van der Waals surface area contributed by atoms with Crippen molar-refractivity contribution in [3.63, 3.8) is 0 Å². The van der Waals surface area contributed by atoms with Crippen molar-refractivity contribution < 1.29 is 9.59 Å². The van der Waals surface area contributed by atoms with Crippen molar-refractivity contribution in [2.24, 2.45) is 11.8 Å². The molecular formula is C17H24N2O2. The van der Waals surface area contributed by atoms with E-state index in [-0.39, 0.29) is 17.7 Å². The number of benzene rings is 1. The molecule has 2 amide bonds. The maximum Gasteiger partial charge on any atom is 0.225 e. The monoisotopic (exact) mass is 288 g/mol. The predicted molar refractivity (Wildman–Crippen MR) is 82.7 cm³/mol. The van der Waals surface area contributed by atoms with Crippen LogP contribution in [-0.2, 0) is 16.0 Å². The molecule has 1 aliphatic heterocycles. The fourth-order valence-corrected chi connectivity index (χ4v) is 2.52. The van der Waals surface area contributed by atoms with Crippen LogP contribution in [-0.4, -0.2) is 36.3 Å². The molecule has 0 aliphatic carbocycles. The number of rotatable bonds is 6. The van der Waals surface area contributed by atoms with Crippen molar-refractivity contribution in [2.75, 3.05) is 19.6 Å². The highest BCUT2D eigenvalue weighted by atomic mass is 16.2. The van der Waals surface area contributed by atoms with Crippen molar-refractivity contribution in [3.8, 4) is 0 Å². The van der Waals surface area contributed by atoms with Gasteiger partial charge in [0, 0.05) is 26.1 Å². The molecule has 0 aromatic heterocycles. The Labute approximate surface area is 126 Å². The number of carbonyl (C=O) groups is 2. The number of hydrogen-bond acceptors (Lipinski definition) is 2. The number of likely N-dealkylation sites (tertiary alicyclic amines) is 1. The maximum atomic E-state index is 12.0. The lowest BCUT2D eigenvalue weighted by atomic mass is 10.1. The van der Waals surface area contributed by atoms with Crippen LogP contribution in [0.25, 0.3) is 0 Å². The molecule has 1 aromatic carbocycles. The minimum Gasteiger partial charge on any atom is -0.356 e. The summed E-state index contributed by atoms with van der Waals surface area (Å²) in [5, 5.41) is 2.92. The minimum atomic E-state index is -0.188. The molecule has 4 nitrogen and oxygen atoms in total. The molecule has 1 N–H and O–H groups in total. The van der Waals surface area contributed by atoms with Crippen molar-refractivity contribution >= 4 is 11.8 Å². The number of hydrogen-bond donors (Lipinski definition) is 1. The van der Waals surface area contributed by atoms with Crippen molar-refractivity contribution in [3.05, 3.63) is 35.9 Å². The molecule has 0 spiro atoms. The van der Waals surface area contributed by atoms with Gasteiger partial charge in [-0.1, -0.05) is 44.2 Å². The van der Waals surface area contributed by atoms with Gasteiger partial charge in [-0.15, -0.1) is 0 Å². The Morgan fingerprint density at radius 3 is 2.71 bits per heavy atom. The molecule has 1 unspecified atom stereocenters. The largest absolute Gasteiger partial charge is 0.356 e. The van der Waals surface area contributed by atoms with E-state index < -0.39 is 0 Å². The van der Waals surface area contributed by atoms with Crippen LogP contribution in [0, 0.1) is 11.8 Å². The standard InChI is InChI=1S/C17H24N2O2/c1-13(2)11-18-17(21)15-10-16(20)19(12-15)9-8-14-6-4-3-5-7-14/h3-7,13,15H,8-12H2,1-2H3,(H,18,21). The molecule has 4 heteroatoms. The van der Waals surface area contributed by atoms with Crippen LogP contribution in [0.5, 0.6) is 0 Å². The first-order valence-corrected chi connectivity index (χ1v) is 7.65. The SMILES string of the molecule is CC(C)CNC(=O)C1CC(=O)N(CCc2ccccc2)C1. The quantitative estimate of drug-likeness (QED) is 0.868. The van der Waals surface area contributed by atoms with Crippen molar-refractivity contribution in [2.45, 2.75) is 26.7 Å². The van der Waals surface area contributed by atoms with Crippen LogP contribution >= 0.6 is 0 Å². The highest BCUT2D eigenvalue weighted by Crippen LogP contribution is 2.18. The second-order valence-electron chi connectivity index (χ2n) is 6.12. The lowest BCUT2D eigenvalue weighted by Gasteiger charge is -2.17. The van der Waals surface area contributed by atoms with E-state index in [0.717, 1.165) is 6.42 Å². The van der Waals surface area contributed by atoms with E-state index in [0.29, 0.717) is 32.0 Å². The van der Waals surface area contributed by atoms with Crippen LogP contribution in [0.3, 0.4) is 0 Å². The molecule has 1 saturated heterocycles. The second kappa shape index (κ2) is 7.25. The third-order valence-electron chi connectivity index (χ3n) is 3.78. The number of nitrogens with zero attached hydrogens (tertiary/aromatic N) is 1. The molecule has 1 atom stereocenters. The minimum absolute atomic E-state index is 0.0132. The van der Waals surface area contributed by atoms with Gasteiger partial charge in [-0.05, 0) is 17.9 Å². The first kappa shape index (κ1) is 15.5. The predicted octanol–water partition coefficient (Wildman–Crippen LogP) is 1.85. The third-order valence-corrected chi connectivity index (χ3v) is 3.78. The van der Waals surface area contributed by atoms with Gasteiger partial charge in [0.1, 0.15) is 0 Å². The van der Waals surface area contributed by atoms with Gasteiger partial charge in [0.25, 0.3) is 0 Å². The Kier molecular flexibility index (Phi) is 5.37. The van der Waals surface area contributed by atoms with E-state index in [2.05, 4.69) is 31.3 Å². The van der Waals surface area contributed by atoms with Gasteiger partial charge >= 0.3 is 0 Å². The van der Waals surface area contributed by atoms with Crippen molar-refractivity contribution in [1.82, 2.24) is 10.2 Å². The van der Waals surface area contributed by atoms with E-state index in [4.69, 9.17) is 0 Å². The van der Waals surface area contributed by atoms with Gasteiger partial charge in [-0.3, -0.25) is 9.59 Å². The summed E-state index contributed by atoms with van der Waals surface area (Å²) in [5.41, 5.74) is 1.22. The van der Waals surface area contributed by atoms with Crippen LogP contribution in [0.4, 0.5) is 0 Å². The molecule has 0 bridgehead atoms. The molecule has 1 aromatic rings. The second-order valence-corrected chi connectivity index (χ2v) is 6.12. The van der Waals surface area contributed by atoms with Gasteiger partial charge < -0.3 is 10.2 Å². The Morgan fingerprint density at radius 2 is 2.05 bits per heavy atom. The zero-order valence-electron chi connectivity index (χ0n) is 12.8. The lowest BCUT2D eigenvalue weighted by molar-refractivity contribution is -0.129. The van der Waals surface area contributed by atoms with E-state index in [1.54, 1.807) is 0 Å². The van der Waals surface area contributed by atoms with Crippen LogP contribution in [0.2, 0.25) is 0 Å². The summed E-state index contributed by atoms with van der Waals surface area (Å²) in [7, 11) is 0. The molecule has 1 fully saturated rings. The molecular weight excluding hydrogens is 264 g/mol. The highest BCUT2D eigenvalue weighted by Gasteiger charge is 2.33. The Balaban J connectivity index is 1.81. The third kappa shape index (κ3) is 4.59. The number of amides is 2. The molecule has 1 aliphatic rings. The molecule has 21 heavy (non-hydrogen) atoms. The Hall–Kier alpha value is -1.84. The lowest BCUT2D eigenvalue weighted by Crippen LogP contribution is -2.35. The van der Waals surface area contributed by atoms with Gasteiger partial charge in [-0.2, -0.15) is 0 Å². The molecule has 114 valence electrons. The van der Waals surface area contributed by atoms with E-state index >= 15 is 0 Å². The van der Waals surface area contributed by atoms with Gasteiger partial charge in [0.05, 0.1) is 5.92 Å². The van der Waals surface area contributed by atoms with Crippen molar-refractivity contribution in [1.29, 1.82) is 0 Å². The van der Waals surface area contributed by atoms with Gasteiger partial charge in [-0.25, -0.2) is 0 Å². The average molecular weight is 288 g/mol. The van der Waals surface area contributed by atoms with Crippen LogP contribution in [0.1, 0.15) is 25.8 Å². The summed E-state index contributed by atoms with van der Waals surface area (Å²) in [6.07, 6.45) is 1.19. The molecule has 2 rings (SSSR count). The van der Waals surface area contributed by atoms with Crippen LogP contribution in [0.15, 0.2) is 30.3 Å². The van der Waals surface area contributed by atoms with E-state index in [9.17, 15) is 9.59 Å². The summed E-state index contributed by atoms with van der Waals surface area (Å²) in [5.74, 6) is 0.349. The normalized spacial score (nSPS) is 18.3. The highest BCUT2D eigenvalue weighted by molar-refractivity contribution is 5.89. The number of carbonyl (C=O) groups excluding carboxylic acids is 2.